The van der Waals surface area contributed by atoms with E-state index in [0.717, 1.165) is 59.6 Å². The second-order valence-electron chi connectivity index (χ2n) is 9.69. The third-order valence-corrected chi connectivity index (χ3v) is 6.80. The Morgan fingerprint density at radius 3 is 2.64 bits per heavy atom. The Kier molecular flexibility index (Phi) is 7.40. The summed E-state index contributed by atoms with van der Waals surface area (Å²) in [4.78, 5) is 16.2. The Bertz CT molecular complexity index is 1620. The average Bonchev–Trinajstić information content (AvgIpc) is 3.53. The summed E-state index contributed by atoms with van der Waals surface area (Å²) in [6, 6.07) is 5.23. The fraction of sp³-hybridized carbons (Fsp3) is 0.321. The van der Waals surface area contributed by atoms with Crippen LogP contribution in [0.5, 0.6) is 5.88 Å². The molecule has 0 saturated heterocycles. The van der Waals surface area contributed by atoms with Gasteiger partial charge in [-0.1, -0.05) is 6.58 Å². The predicted molar refractivity (Wildman–Crippen MR) is 148 cm³/mol. The highest BCUT2D eigenvalue weighted by Gasteiger charge is 2.27. The number of anilines is 1. The standard InChI is InChI=1S/C28H31FN8O2/c1-5-20(29)7-6-18(2)32-25-14-24-23(16-30-25)28(19-15-31-35(3)17-19)34-37(24)21-8-10-22(11-9-21)39-26-12-13-27(38)36(4)33-26/h5-7,12-17,21-22H,1,8-11H2,2-4H3,(H,30,32)/b18-6+,20-7+. The van der Waals surface area contributed by atoms with Gasteiger partial charge in [-0.05, 0) is 50.8 Å². The highest BCUT2D eigenvalue weighted by molar-refractivity contribution is 5.93. The minimum Gasteiger partial charge on any atom is -0.473 e. The van der Waals surface area contributed by atoms with E-state index >= 15 is 0 Å². The summed E-state index contributed by atoms with van der Waals surface area (Å²) in [6.07, 6.45) is 13.1. The molecular formula is C28H31FN8O2. The van der Waals surface area contributed by atoms with Crippen LogP contribution in [0, 0.1) is 0 Å². The van der Waals surface area contributed by atoms with Crippen molar-refractivity contribution < 1.29 is 9.13 Å². The highest BCUT2D eigenvalue weighted by atomic mass is 19.1. The molecule has 1 saturated carbocycles. The molecule has 1 N–H and O–H groups in total. The van der Waals surface area contributed by atoms with Gasteiger partial charge in [-0.2, -0.15) is 10.2 Å². The van der Waals surface area contributed by atoms with Crippen LogP contribution in [0.3, 0.4) is 0 Å². The minimum atomic E-state index is -0.412. The third-order valence-electron chi connectivity index (χ3n) is 6.80. The molecule has 0 spiro atoms. The predicted octanol–water partition coefficient (Wildman–Crippen LogP) is 4.84. The maximum Gasteiger partial charge on any atom is 0.266 e. The molecule has 0 aliphatic heterocycles. The molecule has 4 heterocycles. The van der Waals surface area contributed by atoms with Crippen molar-refractivity contribution in [2.24, 2.45) is 14.1 Å². The lowest BCUT2D eigenvalue weighted by atomic mass is 9.93. The van der Waals surface area contributed by atoms with E-state index in [4.69, 9.17) is 9.84 Å². The first-order chi connectivity index (χ1) is 18.8. The van der Waals surface area contributed by atoms with Gasteiger partial charge >= 0.3 is 0 Å². The van der Waals surface area contributed by atoms with Gasteiger partial charge < -0.3 is 10.1 Å². The van der Waals surface area contributed by atoms with Crippen LogP contribution in [-0.4, -0.2) is 40.4 Å². The molecule has 11 heteroatoms. The number of hydrogen-bond donors (Lipinski definition) is 1. The van der Waals surface area contributed by atoms with Gasteiger partial charge in [0, 0.05) is 61.3 Å². The summed E-state index contributed by atoms with van der Waals surface area (Å²) in [6.45, 7) is 5.27. The maximum atomic E-state index is 13.5. The monoisotopic (exact) mass is 530 g/mol. The molecule has 0 aromatic carbocycles. The summed E-state index contributed by atoms with van der Waals surface area (Å²) < 4.78 is 24.6. The fourth-order valence-electron chi connectivity index (χ4n) is 4.77. The molecule has 0 radical (unpaired) electrons. The topological polar surface area (TPSA) is 105 Å². The van der Waals surface area contributed by atoms with Crippen LogP contribution < -0.4 is 15.6 Å². The zero-order valence-corrected chi connectivity index (χ0v) is 22.2. The van der Waals surface area contributed by atoms with Gasteiger partial charge in [0.1, 0.15) is 23.4 Å². The molecule has 1 aliphatic carbocycles. The van der Waals surface area contributed by atoms with Crippen LogP contribution in [0.15, 0.2) is 77.9 Å². The average molecular weight is 531 g/mol. The van der Waals surface area contributed by atoms with Crippen LogP contribution in [0.1, 0.15) is 38.6 Å². The van der Waals surface area contributed by atoms with E-state index in [-0.39, 0.29) is 17.7 Å². The van der Waals surface area contributed by atoms with Crippen LogP contribution >= 0.6 is 0 Å². The molecule has 0 unspecified atom stereocenters. The molecule has 39 heavy (non-hydrogen) atoms. The Morgan fingerprint density at radius 2 is 1.95 bits per heavy atom. The zero-order valence-electron chi connectivity index (χ0n) is 22.2. The van der Waals surface area contributed by atoms with Gasteiger partial charge in [-0.3, -0.25) is 14.2 Å². The quantitative estimate of drug-likeness (QED) is 0.325. The number of ether oxygens (including phenoxy) is 1. The number of fused-ring (bicyclic) bond motifs is 1. The van der Waals surface area contributed by atoms with E-state index in [1.54, 1.807) is 30.1 Å². The van der Waals surface area contributed by atoms with Crippen LogP contribution in [0.25, 0.3) is 22.2 Å². The Balaban J connectivity index is 1.41. The van der Waals surface area contributed by atoms with Crippen molar-refractivity contribution in [3.05, 3.63) is 83.5 Å². The van der Waals surface area contributed by atoms with Crippen molar-refractivity contribution in [2.75, 3.05) is 5.32 Å². The molecule has 0 atom stereocenters. The van der Waals surface area contributed by atoms with E-state index in [2.05, 4.69) is 31.8 Å². The Morgan fingerprint density at radius 1 is 1.15 bits per heavy atom. The van der Waals surface area contributed by atoms with E-state index in [9.17, 15) is 9.18 Å². The molecule has 4 aromatic rings. The van der Waals surface area contributed by atoms with Crippen LogP contribution in [0.2, 0.25) is 0 Å². The SMILES string of the molecule is C=C/C(F)=C\C=C(/C)Nc1cc2c(cn1)c(-c1cnn(C)c1)nn2C1CCC(Oc2ccc(=O)n(C)n2)CC1. The first-order valence-corrected chi connectivity index (χ1v) is 12.8. The first-order valence-electron chi connectivity index (χ1n) is 12.8. The number of aromatic nitrogens is 7. The van der Waals surface area contributed by atoms with Crippen molar-refractivity contribution in [1.29, 1.82) is 0 Å². The number of aryl methyl sites for hydroxylation is 2. The first kappa shape index (κ1) is 26.1. The van der Waals surface area contributed by atoms with Gasteiger partial charge in [0.15, 0.2) is 0 Å². The third kappa shape index (κ3) is 5.82. The summed E-state index contributed by atoms with van der Waals surface area (Å²) in [7, 11) is 3.49. The molecule has 1 aliphatic rings. The van der Waals surface area contributed by atoms with Gasteiger partial charge in [0.05, 0.1) is 17.8 Å². The molecule has 4 aromatic heterocycles. The summed E-state index contributed by atoms with van der Waals surface area (Å²) in [5, 5.41) is 17.7. The Hall–Kier alpha value is -4.54. The van der Waals surface area contributed by atoms with Crippen molar-refractivity contribution in [1.82, 2.24) is 34.3 Å². The number of halogens is 1. The molecule has 1 fully saturated rings. The van der Waals surface area contributed by atoms with Gasteiger partial charge in [-0.25, -0.2) is 14.1 Å². The second kappa shape index (κ2) is 11.1. The highest BCUT2D eigenvalue weighted by Crippen LogP contribution is 2.36. The van der Waals surface area contributed by atoms with Crippen LogP contribution in [-0.2, 0) is 14.1 Å². The summed E-state index contributed by atoms with van der Waals surface area (Å²) in [5.74, 6) is 0.683. The number of nitrogens with zero attached hydrogens (tertiary/aromatic N) is 7. The molecule has 0 bridgehead atoms. The van der Waals surface area contributed by atoms with Gasteiger partial charge in [0.2, 0.25) is 5.88 Å². The van der Waals surface area contributed by atoms with E-state index < -0.39 is 5.83 Å². The van der Waals surface area contributed by atoms with Crippen molar-refractivity contribution >= 4 is 16.7 Å². The minimum absolute atomic E-state index is 0.0153. The van der Waals surface area contributed by atoms with Crippen molar-refractivity contribution in [3.63, 3.8) is 0 Å². The molecule has 202 valence electrons. The number of pyridine rings is 1. The molecule has 0 amide bonds. The van der Waals surface area contributed by atoms with E-state index in [0.29, 0.717) is 11.7 Å². The normalized spacial score (nSPS) is 18.4. The second-order valence-corrected chi connectivity index (χ2v) is 9.69. The largest absolute Gasteiger partial charge is 0.473 e. The lowest BCUT2D eigenvalue weighted by Crippen LogP contribution is -2.27. The van der Waals surface area contributed by atoms with Gasteiger partial charge in [-0.15, -0.1) is 5.10 Å². The molecule has 10 nitrogen and oxygen atoms in total. The number of rotatable bonds is 8. The Labute approximate surface area is 225 Å². The number of hydrogen-bond acceptors (Lipinski definition) is 7. The summed E-state index contributed by atoms with van der Waals surface area (Å²) in [5.41, 5.74) is 3.27. The van der Waals surface area contributed by atoms with Crippen molar-refractivity contribution in [2.45, 2.75) is 44.8 Å². The lowest BCUT2D eigenvalue weighted by molar-refractivity contribution is 0.123. The molecule has 5 rings (SSSR count). The van der Waals surface area contributed by atoms with Crippen LogP contribution in [0.4, 0.5) is 10.2 Å². The van der Waals surface area contributed by atoms with E-state index in [1.807, 2.05) is 32.4 Å². The molecular weight excluding hydrogens is 499 g/mol. The van der Waals surface area contributed by atoms with Crippen molar-refractivity contribution in [3.8, 4) is 17.1 Å². The zero-order chi connectivity index (χ0) is 27.5. The number of allylic oxidation sites excluding steroid dienone is 5. The lowest BCUT2D eigenvalue weighted by Gasteiger charge is -2.29. The number of nitrogens with one attached hydrogen (secondary N) is 1. The van der Waals surface area contributed by atoms with Gasteiger partial charge in [0.25, 0.3) is 5.56 Å². The fourth-order valence-corrected chi connectivity index (χ4v) is 4.77. The smallest absolute Gasteiger partial charge is 0.266 e. The van der Waals surface area contributed by atoms with E-state index in [1.165, 1.54) is 16.8 Å². The summed E-state index contributed by atoms with van der Waals surface area (Å²) >= 11 is 0. The maximum absolute atomic E-state index is 13.5.